The summed E-state index contributed by atoms with van der Waals surface area (Å²) in [5, 5.41) is 8.64. The van der Waals surface area contributed by atoms with E-state index in [0.29, 0.717) is 11.3 Å². The highest BCUT2D eigenvalue weighted by Crippen LogP contribution is 2.26. The third kappa shape index (κ3) is 2.47. The van der Waals surface area contributed by atoms with E-state index in [2.05, 4.69) is 36.0 Å². The summed E-state index contributed by atoms with van der Waals surface area (Å²) >= 11 is 3.31. The van der Waals surface area contributed by atoms with E-state index in [1.54, 1.807) is 4.68 Å². The van der Waals surface area contributed by atoms with Crippen molar-refractivity contribution in [3.05, 3.63) is 22.3 Å². The number of rotatable bonds is 2. The van der Waals surface area contributed by atoms with Crippen LogP contribution in [0.5, 0.6) is 0 Å². The predicted molar refractivity (Wildman–Crippen MR) is 86.8 cm³/mol. The molecule has 0 spiro atoms. The van der Waals surface area contributed by atoms with Crippen LogP contribution in [-0.4, -0.2) is 54.5 Å². The van der Waals surface area contributed by atoms with E-state index in [1.807, 2.05) is 29.6 Å². The molecule has 0 aliphatic carbocycles. The maximum absolute atomic E-state index is 12.9. The Morgan fingerprint density at radius 1 is 1.26 bits per heavy atom. The fourth-order valence-electron chi connectivity index (χ4n) is 3.47. The normalized spacial score (nSPS) is 22.0. The highest BCUT2D eigenvalue weighted by atomic mass is 79.9. The number of aryl methyl sites for hydroxylation is 2. The zero-order chi connectivity index (χ0) is 16.1. The van der Waals surface area contributed by atoms with E-state index < -0.39 is 0 Å². The van der Waals surface area contributed by atoms with Gasteiger partial charge in [-0.2, -0.15) is 5.10 Å². The van der Waals surface area contributed by atoms with Gasteiger partial charge < -0.3 is 0 Å². The number of nitrogens with zero attached hydrogens (tertiary/aromatic N) is 7. The van der Waals surface area contributed by atoms with E-state index in [9.17, 15) is 4.79 Å². The van der Waals surface area contributed by atoms with Gasteiger partial charge in [0, 0.05) is 26.2 Å². The second kappa shape index (κ2) is 5.41. The summed E-state index contributed by atoms with van der Waals surface area (Å²) in [6, 6.07) is 1.87. The van der Waals surface area contributed by atoms with Crippen molar-refractivity contribution in [1.82, 2.24) is 29.4 Å². The lowest BCUT2D eigenvalue weighted by Gasteiger charge is -2.30. The Balaban J connectivity index is 1.53. The molecule has 0 N–H and O–H groups in total. The average Bonchev–Trinajstić information content (AvgIpc) is 3.14. The number of amides is 1. The first-order chi connectivity index (χ1) is 11.0. The second-order valence-corrected chi connectivity index (χ2v) is 6.76. The largest absolute Gasteiger partial charge is 0.296 e. The van der Waals surface area contributed by atoms with Gasteiger partial charge in [0.1, 0.15) is 11.6 Å². The van der Waals surface area contributed by atoms with Crippen molar-refractivity contribution in [2.45, 2.75) is 32.5 Å². The van der Waals surface area contributed by atoms with Crippen LogP contribution in [0.15, 0.2) is 10.8 Å². The number of hydrogen-bond acceptors (Lipinski definition) is 5. The van der Waals surface area contributed by atoms with Crippen LogP contribution in [0.4, 0.5) is 5.82 Å². The molecular weight excluding hydrogens is 362 g/mol. The minimum atomic E-state index is -0.0885. The first-order valence-corrected chi connectivity index (χ1v) is 8.47. The number of carbonyl (C=O) groups excluding carboxylic acids is 1. The van der Waals surface area contributed by atoms with E-state index in [1.165, 1.54) is 0 Å². The molecule has 0 bridgehead atoms. The molecule has 4 rings (SSSR count). The molecule has 4 heterocycles. The molecule has 1 fully saturated rings. The maximum atomic E-state index is 12.9. The maximum Gasteiger partial charge on any atom is 0.245 e. The summed E-state index contributed by atoms with van der Waals surface area (Å²) in [6.45, 7) is 4.92. The van der Waals surface area contributed by atoms with Gasteiger partial charge in [0.15, 0.2) is 0 Å². The summed E-state index contributed by atoms with van der Waals surface area (Å²) < 4.78 is 4.29. The van der Waals surface area contributed by atoms with Gasteiger partial charge in [0.25, 0.3) is 0 Å². The number of carbonyl (C=O) groups is 1. The van der Waals surface area contributed by atoms with Crippen molar-refractivity contribution >= 4 is 27.7 Å². The summed E-state index contributed by atoms with van der Waals surface area (Å²) in [6.07, 6.45) is 0.832. The summed E-state index contributed by atoms with van der Waals surface area (Å²) in [5.41, 5.74) is 0.926. The monoisotopic (exact) mass is 379 g/mol. The molecule has 0 aromatic carbocycles. The average molecular weight is 380 g/mol. The van der Waals surface area contributed by atoms with Crippen molar-refractivity contribution in [2.75, 3.05) is 18.0 Å². The standard InChI is InChI=1S/C14H18BrN7O/c1-9-7-12(19(2)17-9)21-4-3-10(13(21)23)20-5-6-22-11(8-20)16-14(15)18-22/h7,10H,3-6,8H2,1-2H3. The Kier molecular flexibility index (Phi) is 3.49. The molecule has 1 unspecified atom stereocenters. The number of fused-ring (bicyclic) bond motifs is 1. The number of aromatic nitrogens is 5. The second-order valence-electron chi connectivity index (χ2n) is 6.05. The lowest BCUT2D eigenvalue weighted by molar-refractivity contribution is -0.122. The van der Waals surface area contributed by atoms with Gasteiger partial charge in [-0.25, -0.2) is 9.67 Å². The minimum Gasteiger partial charge on any atom is -0.296 e. The van der Waals surface area contributed by atoms with Gasteiger partial charge in [-0.1, -0.05) is 0 Å². The topological polar surface area (TPSA) is 72.1 Å². The van der Waals surface area contributed by atoms with Gasteiger partial charge in [-0.05, 0) is 29.3 Å². The van der Waals surface area contributed by atoms with E-state index in [-0.39, 0.29) is 11.9 Å². The van der Waals surface area contributed by atoms with Crippen LogP contribution < -0.4 is 4.90 Å². The molecular formula is C14H18BrN7O. The molecule has 0 saturated carbocycles. The van der Waals surface area contributed by atoms with Crippen LogP contribution in [0.1, 0.15) is 17.9 Å². The summed E-state index contributed by atoms with van der Waals surface area (Å²) in [5.74, 6) is 1.93. The van der Waals surface area contributed by atoms with Crippen LogP contribution >= 0.6 is 15.9 Å². The molecule has 122 valence electrons. The first-order valence-electron chi connectivity index (χ1n) is 7.68. The third-order valence-corrected chi connectivity index (χ3v) is 4.87. The molecule has 2 aliphatic rings. The molecule has 1 atom stereocenters. The lowest BCUT2D eigenvalue weighted by Crippen LogP contribution is -2.46. The smallest absolute Gasteiger partial charge is 0.245 e. The summed E-state index contributed by atoms with van der Waals surface area (Å²) in [4.78, 5) is 21.3. The molecule has 1 amide bonds. The first kappa shape index (κ1) is 14.8. The number of halogens is 1. The van der Waals surface area contributed by atoms with Crippen molar-refractivity contribution in [1.29, 1.82) is 0 Å². The lowest BCUT2D eigenvalue weighted by atomic mass is 10.2. The molecule has 1 saturated heterocycles. The molecule has 0 radical (unpaired) electrons. The third-order valence-electron chi connectivity index (χ3n) is 4.54. The van der Waals surface area contributed by atoms with E-state index >= 15 is 0 Å². The van der Waals surface area contributed by atoms with Crippen LogP contribution in [0.3, 0.4) is 0 Å². The Morgan fingerprint density at radius 3 is 2.83 bits per heavy atom. The quantitative estimate of drug-likeness (QED) is 0.767. The van der Waals surface area contributed by atoms with Crippen molar-refractivity contribution in [3.8, 4) is 0 Å². The van der Waals surface area contributed by atoms with Crippen molar-refractivity contribution in [2.24, 2.45) is 7.05 Å². The number of hydrogen-bond donors (Lipinski definition) is 0. The fourth-order valence-corrected chi connectivity index (χ4v) is 3.87. The highest BCUT2D eigenvalue weighted by molar-refractivity contribution is 9.10. The van der Waals surface area contributed by atoms with Crippen LogP contribution in [0.25, 0.3) is 0 Å². The zero-order valence-electron chi connectivity index (χ0n) is 13.1. The Labute approximate surface area is 142 Å². The van der Waals surface area contributed by atoms with Gasteiger partial charge in [-0.15, -0.1) is 5.10 Å². The molecule has 9 heteroatoms. The van der Waals surface area contributed by atoms with E-state index in [4.69, 9.17) is 0 Å². The molecule has 23 heavy (non-hydrogen) atoms. The molecule has 2 aliphatic heterocycles. The zero-order valence-corrected chi connectivity index (χ0v) is 14.7. The fraction of sp³-hybridized carbons (Fsp3) is 0.571. The summed E-state index contributed by atoms with van der Waals surface area (Å²) in [7, 11) is 1.88. The Morgan fingerprint density at radius 2 is 2.09 bits per heavy atom. The van der Waals surface area contributed by atoms with Crippen LogP contribution in [0.2, 0.25) is 0 Å². The molecule has 2 aromatic rings. The van der Waals surface area contributed by atoms with Gasteiger partial charge in [-0.3, -0.25) is 19.3 Å². The SMILES string of the molecule is Cc1cc(N2CCC(N3CCn4nc(Br)nc4C3)C2=O)n(C)n1. The van der Waals surface area contributed by atoms with Crippen molar-refractivity contribution in [3.63, 3.8) is 0 Å². The minimum absolute atomic E-state index is 0.0885. The predicted octanol–water partition coefficient (Wildman–Crippen LogP) is 0.704. The van der Waals surface area contributed by atoms with Gasteiger partial charge in [0.05, 0.1) is 24.8 Å². The molecule has 2 aromatic heterocycles. The highest BCUT2D eigenvalue weighted by Gasteiger charge is 2.39. The number of anilines is 1. The van der Waals surface area contributed by atoms with Gasteiger partial charge in [0.2, 0.25) is 10.6 Å². The Hall–Kier alpha value is -1.74. The van der Waals surface area contributed by atoms with Crippen LogP contribution in [-0.2, 0) is 24.9 Å². The Bertz CT molecular complexity index is 767. The van der Waals surface area contributed by atoms with Gasteiger partial charge >= 0.3 is 0 Å². The van der Waals surface area contributed by atoms with E-state index in [0.717, 1.165) is 43.4 Å². The van der Waals surface area contributed by atoms with Crippen LogP contribution in [0, 0.1) is 6.92 Å². The van der Waals surface area contributed by atoms with Crippen molar-refractivity contribution < 1.29 is 4.79 Å². The molecule has 8 nitrogen and oxygen atoms in total.